The molecule has 0 atom stereocenters. The fourth-order valence-electron chi connectivity index (χ4n) is 1.52. The average molecular weight is 237 g/mol. The molecule has 0 aromatic heterocycles. The van der Waals surface area contributed by atoms with Gasteiger partial charge in [0, 0.05) is 18.2 Å². The van der Waals surface area contributed by atoms with E-state index in [1.165, 1.54) is 6.07 Å². The van der Waals surface area contributed by atoms with E-state index in [0.29, 0.717) is 18.1 Å². The second kappa shape index (κ2) is 6.35. The first-order valence-corrected chi connectivity index (χ1v) is 5.82. The maximum atomic E-state index is 10.6. The van der Waals surface area contributed by atoms with Crippen molar-refractivity contribution in [3.8, 4) is 0 Å². The number of hydrogen-bond donors (Lipinski definition) is 0. The minimum absolute atomic E-state index is 0.163. The summed E-state index contributed by atoms with van der Waals surface area (Å²) in [7, 11) is 0. The second-order valence-corrected chi connectivity index (χ2v) is 4.61. The summed E-state index contributed by atoms with van der Waals surface area (Å²) in [5, 5.41) is 10.6. The number of aryl methyl sites for hydroxylation is 1. The zero-order valence-electron chi connectivity index (χ0n) is 10.6. The Kier molecular flexibility index (Phi) is 5.10. The Morgan fingerprint density at radius 1 is 1.41 bits per heavy atom. The van der Waals surface area contributed by atoms with Crippen LogP contribution < -0.4 is 0 Å². The molecular formula is C13H19NO3. The molecule has 0 aliphatic rings. The molecule has 0 bridgehead atoms. The molecule has 1 aromatic rings. The highest BCUT2D eigenvalue weighted by molar-refractivity contribution is 5.41. The van der Waals surface area contributed by atoms with Crippen molar-refractivity contribution in [1.29, 1.82) is 0 Å². The van der Waals surface area contributed by atoms with Gasteiger partial charge < -0.3 is 4.74 Å². The number of rotatable bonds is 6. The summed E-state index contributed by atoms with van der Waals surface area (Å²) in [5.41, 5.74) is 1.83. The van der Waals surface area contributed by atoms with Crippen molar-refractivity contribution in [3.63, 3.8) is 0 Å². The summed E-state index contributed by atoms with van der Waals surface area (Å²) < 4.78 is 5.52. The van der Waals surface area contributed by atoms with E-state index in [1.54, 1.807) is 13.0 Å². The fourth-order valence-corrected chi connectivity index (χ4v) is 1.52. The lowest BCUT2D eigenvalue weighted by Crippen LogP contribution is -2.00. The van der Waals surface area contributed by atoms with E-state index in [2.05, 4.69) is 13.8 Å². The fraction of sp³-hybridized carbons (Fsp3) is 0.538. The standard InChI is InChI=1S/C13H19NO3/c1-10(2)6-7-17-9-12-4-5-13(14(15)16)11(3)8-12/h4-5,8,10H,6-7,9H2,1-3H3. The zero-order chi connectivity index (χ0) is 12.8. The molecule has 0 fully saturated rings. The minimum atomic E-state index is -0.362. The van der Waals surface area contributed by atoms with Crippen LogP contribution in [0, 0.1) is 23.0 Å². The molecule has 1 aromatic carbocycles. The van der Waals surface area contributed by atoms with Gasteiger partial charge in [-0.25, -0.2) is 0 Å². The second-order valence-electron chi connectivity index (χ2n) is 4.61. The van der Waals surface area contributed by atoms with Gasteiger partial charge in [0.05, 0.1) is 11.5 Å². The predicted octanol–water partition coefficient (Wildman–Crippen LogP) is 3.47. The molecule has 0 saturated heterocycles. The topological polar surface area (TPSA) is 52.4 Å². The molecular weight excluding hydrogens is 218 g/mol. The average Bonchev–Trinajstić information content (AvgIpc) is 2.23. The van der Waals surface area contributed by atoms with Crippen molar-refractivity contribution in [2.75, 3.05) is 6.61 Å². The first-order valence-electron chi connectivity index (χ1n) is 5.82. The third-order valence-electron chi connectivity index (χ3n) is 2.57. The zero-order valence-corrected chi connectivity index (χ0v) is 10.6. The molecule has 94 valence electrons. The molecule has 0 spiro atoms. The van der Waals surface area contributed by atoms with Crippen LogP contribution in [0.25, 0.3) is 0 Å². The Bertz CT molecular complexity index is 388. The molecule has 0 heterocycles. The van der Waals surface area contributed by atoms with E-state index >= 15 is 0 Å². The smallest absolute Gasteiger partial charge is 0.272 e. The van der Waals surface area contributed by atoms with Crippen LogP contribution in [-0.4, -0.2) is 11.5 Å². The first kappa shape index (κ1) is 13.6. The predicted molar refractivity (Wildman–Crippen MR) is 66.9 cm³/mol. The number of nitro benzene ring substituents is 1. The van der Waals surface area contributed by atoms with Gasteiger partial charge in [0.2, 0.25) is 0 Å². The molecule has 0 unspecified atom stereocenters. The minimum Gasteiger partial charge on any atom is -0.377 e. The molecule has 4 nitrogen and oxygen atoms in total. The number of nitrogens with zero attached hydrogens (tertiary/aromatic N) is 1. The van der Waals surface area contributed by atoms with E-state index in [9.17, 15) is 10.1 Å². The molecule has 1 rings (SSSR count). The van der Waals surface area contributed by atoms with E-state index in [-0.39, 0.29) is 10.6 Å². The highest BCUT2D eigenvalue weighted by Crippen LogP contribution is 2.19. The molecule has 4 heteroatoms. The maximum absolute atomic E-state index is 10.6. The van der Waals surface area contributed by atoms with Crippen LogP contribution in [0.5, 0.6) is 0 Å². The van der Waals surface area contributed by atoms with Crippen LogP contribution >= 0.6 is 0 Å². The van der Waals surface area contributed by atoms with Crippen molar-refractivity contribution in [2.24, 2.45) is 5.92 Å². The normalized spacial score (nSPS) is 10.8. The molecule has 17 heavy (non-hydrogen) atoms. The number of hydrogen-bond acceptors (Lipinski definition) is 3. The Morgan fingerprint density at radius 3 is 2.65 bits per heavy atom. The van der Waals surface area contributed by atoms with Crippen LogP contribution in [0.4, 0.5) is 5.69 Å². The van der Waals surface area contributed by atoms with Crippen LogP contribution in [-0.2, 0) is 11.3 Å². The maximum Gasteiger partial charge on any atom is 0.272 e. The number of benzene rings is 1. The first-order chi connectivity index (χ1) is 8.00. The highest BCUT2D eigenvalue weighted by Gasteiger charge is 2.09. The van der Waals surface area contributed by atoms with Gasteiger partial charge in [-0.15, -0.1) is 0 Å². The summed E-state index contributed by atoms with van der Waals surface area (Å²) in [5.74, 6) is 0.633. The third kappa shape index (κ3) is 4.53. The van der Waals surface area contributed by atoms with Gasteiger partial charge in [-0.3, -0.25) is 10.1 Å². The highest BCUT2D eigenvalue weighted by atomic mass is 16.6. The molecule has 0 radical (unpaired) electrons. The summed E-state index contributed by atoms with van der Waals surface area (Å²) in [6, 6.07) is 5.10. The summed E-state index contributed by atoms with van der Waals surface area (Å²) in [4.78, 5) is 10.3. The molecule has 0 saturated carbocycles. The Labute approximate surface area is 102 Å². The lowest BCUT2D eigenvalue weighted by Gasteiger charge is -2.07. The van der Waals surface area contributed by atoms with E-state index < -0.39 is 0 Å². The Hall–Kier alpha value is -1.42. The van der Waals surface area contributed by atoms with Crippen LogP contribution in [0.1, 0.15) is 31.4 Å². The molecule has 0 aliphatic heterocycles. The molecule has 0 amide bonds. The molecule has 0 aliphatic carbocycles. The van der Waals surface area contributed by atoms with Crippen molar-refractivity contribution >= 4 is 5.69 Å². The van der Waals surface area contributed by atoms with Crippen molar-refractivity contribution in [1.82, 2.24) is 0 Å². The van der Waals surface area contributed by atoms with E-state index in [4.69, 9.17) is 4.74 Å². The third-order valence-corrected chi connectivity index (χ3v) is 2.57. The van der Waals surface area contributed by atoms with Gasteiger partial charge in [0.15, 0.2) is 0 Å². The van der Waals surface area contributed by atoms with Gasteiger partial charge in [0.25, 0.3) is 5.69 Å². The van der Waals surface area contributed by atoms with Crippen LogP contribution in [0.3, 0.4) is 0 Å². The van der Waals surface area contributed by atoms with Gasteiger partial charge >= 0.3 is 0 Å². The monoisotopic (exact) mass is 237 g/mol. The van der Waals surface area contributed by atoms with Crippen LogP contribution in [0.15, 0.2) is 18.2 Å². The van der Waals surface area contributed by atoms with Gasteiger partial charge in [0.1, 0.15) is 0 Å². The lowest BCUT2D eigenvalue weighted by molar-refractivity contribution is -0.385. The number of nitro groups is 1. The van der Waals surface area contributed by atoms with Crippen LogP contribution in [0.2, 0.25) is 0 Å². The Balaban J connectivity index is 2.50. The summed E-state index contributed by atoms with van der Waals surface area (Å²) in [6.07, 6.45) is 1.03. The SMILES string of the molecule is Cc1cc(COCCC(C)C)ccc1[N+](=O)[O-]. The summed E-state index contributed by atoms with van der Waals surface area (Å²) >= 11 is 0. The quantitative estimate of drug-likeness (QED) is 0.432. The van der Waals surface area contributed by atoms with Gasteiger partial charge in [-0.2, -0.15) is 0 Å². The van der Waals surface area contributed by atoms with E-state index in [0.717, 1.165) is 18.6 Å². The summed E-state index contributed by atoms with van der Waals surface area (Å²) in [6.45, 7) is 7.30. The van der Waals surface area contributed by atoms with Crippen molar-refractivity contribution in [3.05, 3.63) is 39.4 Å². The number of ether oxygens (including phenoxy) is 1. The van der Waals surface area contributed by atoms with Crippen molar-refractivity contribution < 1.29 is 9.66 Å². The van der Waals surface area contributed by atoms with Gasteiger partial charge in [-0.1, -0.05) is 13.8 Å². The van der Waals surface area contributed by atoms with E-state index in [1.807, 2.05) is 6.07 Å². The van der Waals surface area contributed by atoms with Crippen molar-refractivity contribution in [2.45, 2.75) is 33.8 Å². The Morgan fingerprint density at radius 2 is 2.12 bits per heavy atom. The van der Waals surface area contributed by atoms with Gasteiger partial charge in [-0.05, 0) is 37.0 Å². The lowest BCUT2D eigenvalue weighted by atomic mass is 10.1. The largest absolute Gasteiger partial charge is 0.377 e. The molecule has 0 N–H and O–H groups in total.